The van der Waals surface area contributed by atoms with Gasteiger partial charge in [-0.2, -0.15) is 0 Å². The molecule has 8 heteroatoms. The maximum absolute atomic E-state index is 12.4. The van der Waals surface area contributed by atoms with E-state index in [1.165, 1.54) is 6.92 Å². The van der Waals surface area contributed by atoms with E-state index in [0.29, 0.717) is 5.76 Å². The first-order valence-electron chi connectivity index (χ1n) is 14.7. The summed E-state index contributed by atoms with van der Waals surface area (Å²) in [7, 11) is 0. The molecule has 1 spiro atoms. The van der Waals surface area contributed by atoms with Crippen molar-refractivity contribution in [3.63, 3.8) is 0 Å². The van der Waals surface area contributed by atoms with Crippen molar-refractivity contribution in [2.75, 3.05) is 6.61 Å². The van der Waals surface area contributed by atoms with Crippen LogP contribution in [0.2, 0.25) is 0 Å². The first-order valence-corrected chi connectivity index (χ1v) is 14.7. The highest BCUT2D eigenvalue weighted by molar-refractivity contribution is 5.66. The average molecular weight is 581 g/mol. The topological polar surface area (TPSA) is 104 Å². The number of ether oxygens (including phenoxy) is 5. The van der Waals surface area contributed by atoms with Crippen molar-refractivity contribution in [1.29, 1.82) is 0 Å². The standard InChI is InChI=1S/C34H44O8/c1-22(2)41-29-27-28(38-19-24-13-9-7-10-14-24)30(39-20-25-15-11-8-12-16-25)33(21-40-23(3)35)26(36)17-18-32(6,37)34(29,33)42-31(27,4)5/h7-16,26-30,36-37H,1,17-21H2,2-6H3. The average Bonchev–Trinajstić information content (AvgIpc) is 3.13. The van der Waals surface area contributed by atoms with Gasteiger partial charge in [0.05, 0.1) is 59.8 Å². The molecule has 1 heterocycles. The second-order valence-corrected chi connectivity index (χ2v) is 12.8. The van der Waals surface area contributed by atoms with Crippen LogP contribution in [0.3, 0.4) is 0 Å². The number of fused-ring (bicyclic) bond motifs is 1. The lowest BCUT2D eigenvalue weighted by molar-refractivity contribution is -0.357. The molecule has 228 valence electrons. The number of benzene rings is 2. The lowest BCUT2D eigenvalue weighted by Crippen LogP contribution is -2.83. The minimum atomic E-state index is -1.53. The lowest BCUT2D eigenvalue weighted by atomic mass is 9.46. The van der Waals surface area contributed by atoms with E-state index in [1.807, 2.05) is 74.5 Å². The van der Waals surface area contributed by atoms with Gasteiger partial charge in [-0.25, -0.2) is 0 Å². The number of rotatable bonds is 10. The second kappa shape index (κ2) is 11.4. The van der Waals surface area contributed by atoms with Crippen molar-refractivity contribution < 1.29 is 38.7 Å². The monoisotopic (exact) mass is 580 g/mol. The van der Waals surface area contributed by atoms with Crippen LogP contribution in [0.5, 0.6) is 0 Å². The lowest BCUT2D eigenvalue weighted by Gasteiger charge is -2.66. The van der Waals surface area contributed by atoms with Crippen LogP contribution in [-0.4, -0.2) is 64.0 Å². The number of carbonyl (C=O) groups is 1. The SMILES string of the molecule is C=C(C)OC1C2C(OCc3ccccc3)C(OCc3ccccc3)C3(COC(C)=O)C(O)CCC(C)(O)C13OC2(C)C. The molecule has 2 N–H and O–H groups in total. The Labute approximate surface area is 248 Å². The quantitative estimate of drug-likeness (QED) is 0.308. The van der Waals surface area contributed by atoms with Crippen LogP contribution < -0.4 is 0 Å². The second-order valence-electron chi connectivity index (χ2n) is 12.8. The van der Waals surface area contributed by atoms with Crippen LogP contribution in [0.15, 0.2) is 73.0 Å². The minimum Gasteiger partial charge on any atom is -0.492 e. The number of hydrogen-bond acceptors (Lipinski definition) is 8. The molecule has 0 radical (unpaired) electrons. The number of aliphatic hydroxyl groups is 2. The van der Waals surface area contributed by atoms with Crippen LogP contribution in [-0.2, 0) is 41.7 Å². The van der Waals surface area contributed by atoms with Crippen molar-refractivity contribution in [1.82, 2.24) is 0 Å². The van der Waals surface area contributed by atoms with Gasteiger partial charge in [-0.1, -0.05) is 67.2 Å². The van der Waals surface area contributed by atoms with Crippen molar-refractivity contribution in [2.24, 2.45) is 11.3 Å². The van der Waals surface area contributed by atoms with Gasteiger partial charge in [-0.15, -0.1) is 0 Å². The van der Waals surface area contributed by atoms with Gasteiger partial charge in [-0.3, -0.25) is 4.79 Å². The fraction of sp³-hybridized carbons (Fsp3) is 0.559. The third-order valence-electron chi connectivity index (χ3n) is 9.50. The number of aliphatic hydroxyl groups excluding tert-OH is 1. The Morgan fingerprint density at radius 2 is 1.52 bits per heavy atom. The summed E-state index contributed by atoms with van der Waals surface area (Å²) < 4.78 is 32.9. The first kappa shape index (κ1) is 30.7. The highest BCUT2D eigenvalue weighted by Gasteiger charge is 2.85. The van der Waals surface area contributed by atoms with Crippen LogP contribution in [0.4, 0.5) is 0 Å². The van der Waals surface area contributed by atoms with E-state index in [-0.39, 0.29) is 32.7 Å². The maximum Gasteiger partial charge on any atom is 0.302 e. The summed E-state index contributed by atoms with van der Waals surface area (Å²) in [6.45, 7) is 12.9. The molecule has 5 rings (SSSR count). The number of esters is 1. The van der Waals surface area contributed by atoms with Crippen LogP contribution in [0.1, 0.15) is 58.6 Å². The Hall–Kier alpha value is -2.75. The molecule has 0 amide bonds. The largest absolute Gasteiger partial charge is 0.492 e. The molecule has 42 heavy (non-hydrogen) atoms. The molecule has 1 aliphatic heterocycles. The predicted octanol–water partition coefficient (Wildman–Crippen LogP) is 4.71. The Kier molecular flexibility index (Phi) is 8.33. The zero-order valence-electron chi connectivity index (χ0n) is 25.2. The van der Waals surface area contributed by atoms with E-state index in [1.54, 1.807) is 13.8 Å². The Balaban J connectivity index is 1.72. The first-order chi connectivity index (χ1) is 19.9. The highest BCUT2D eigenvalue weighted by Crippen LogP contribution is 2.69. The van der Waals surface area contributed by atoms with Gasteiger partial charge in [0.15, 0.2) is 0 Å². The molecule has 2 saturated carbocycles. The summed E-state index contributed by atoms with van der Waals surface area (Å²) in [6, 6.07) is 19.6. The number of hydrogen-bond donors (Lipinski definition) is 2. The van der Waals surface area contributed by atoms with Crippen LogP contribution in [0.25, 0.3) is 0 Å². The van der Waals surface area contributed by atoms with Gasteiger partial charge in [0, 0.05) is 6.92 Å². The highest BCUT2D eigenvalue weighted by atomic mass is 16.6. The molecular formula is C34H44O8. The van der Waals surface area contributed by atoms with E-state index < -0.39 is 58.5 Å². The fourth-order valence-corrected chi connectivity index (χ4v) is 7.84. The van der Waals surface area contributed by atoms with Crippen LogP contribution in [0, 0.1) is 11.3 Å². The van der Waals surface area contributed by atoms with Gasteiger partial charge >= 0.3 is 5.97 Å². The number of allylic oxidation sites excluding steroid dienone is 1. The van der Waals surface area contributed by atoms with Gasteiger partial charge < -0.3 is 33.9 Å². The van der Waals surface area contributed by atoms with Gasteiger partial charge in [0.25, 0.3) is 0 Å². The molecule has 3 aliphatic rings. The van der Waals surface area contributed by atoms with E-state index in [2.05, 4.69) is 6.58 Å². The predicted molar refractivity (Wildman–Crippen MR) is 156 cm³/mol. The normalized spacial score (nSPS) is 36.6. The Bertz CT molecular complexity index is 1260. The molecule has 2 aromatic rings. The van der Waals surface area contributed by atoms with Gasteiger partial charge in [-0.05, 0) is 51.7 Å². The summed E-state index contributed by atoms with van der Waals surface area (Å²) >= 11 is 0. The summed E-state index contributed by atoms with van der Waals surface area (Å²) in [5.41, 5.74) is -3.47. The van der Waals surface area contributed by atoms with E-state index in [0.717, 1.165) is 11.1 Å². The van der Waals surface area contributed by atoms with Crippen molar-refractivity contribution in [2.45, 2.75) is 102 Å². The van der Waals surface area contributed by atoms with E-state index in [9.17, 15) is 15.0 Å². The smallest absolute Gasteiger partial charge is 0.302 e. The summed E-state index contributed by atoms with van der Waals surface area (Å²) in [6.07, 6.45) is -2.91. The van der Waals surface area contributed by atoms with Crippen molar-refractivity contribution in [3.05, 3.63) is 84.1 Å². The minimum absolute atomic E-state index is 0.211. The fourth-order valence-electron chi connectivity index (χ4n) is 7.84. The molecule has 2 bridgehead atoms. The zero-order valence-corrected chi connectivity index (χ0v) is 25.2. The summed E-state index contributed by atoms with van der Waals surface area (Å²) in [5.74, 6) is -0.522. The Morgan fingerprint density at radius 1 is 0.952 bits per heavy atom. The molecule has 2 aromatic carbocycles. The van der Waals surface area contributed by atoms with Crippen LogP contribution >= 0.6 is 0 Å². The maximum atomic E-state index is 12.4. The molecule has 8 nitrogen and oxygen atoms in total. The van der Waals surface area contributed by atoms with Gasteiger partial charge in [0.2, 0.25) is 0 Å². The van der Waals surface area contributed by atoms with E-state index in [4.69, 9.17) is 23.7 Å². The summed E-state index contributed by atoms with van der Waals surface area (Å²) in [4.78, 5) is 12.4. The third kappa shape index (κ3) is 4.97. The van der Waals surface area contributed by atoms with Crippen molar-refractivity contribution in [3.8, 4) is 0 Å². The molecule has 0 aromatic heterocycles. The molecule has 1 saturated heterocycles. The molecule has 8 atom stereocenters. The summed E-state index contributed by atoms with van der Waals surface area (Å²) in [5, 5.41) is 24.4. The number of carbonyl (C=O) groups excluding carboxylic acids is 1. The van der Waals surface area contributed by atoms with Gasteiger partial charge in [0.1, 0.15) is 18.3 Å². The molecule has 2 aliphatic carbocycles. The zero-order chi connectivity index (χ0) is 30.3. The Morgan fingerprint density at radius 3 is 2.07 bits per heavy atom. The van der Waals surface area contributed by atoms with Crippen molar-refractivity contribution >= 4 is 5.97 Å². The molecular weight excluding hydrogens is 536 g/mol. The van der Waals surface area contributed by atoms with E-state index >= 15 is 0 Å². The molecule has 8 unspecified atom stereocenters. The molecule has 3 fully saturated rings. The third-order valence-corrected chi connectivity index (χ3v) is 9.50.